The third kappa shape index (κ3) is 4.66. The summed E-state index contributed by atoms with van der Waals surface area (Å²) in [5.74, 6) is -0.820. The molecule has 9 heteroatoms. The minimum absolute atomic E-state index is 0.0480. The zero-order chi connectivity index (χ0) is 19.4. The number of rotatable bonds is 6. The van der Waals surface area contributed by atoms with Crippen molar-refractivity contribution in [3.63, 3.8) is 0 Å². The number of esters is 1. The summed E-state index contributed by atoms with van der Waals surface area (Å²) in [5.41, 5.74) is 5.53. The zero-order valence-electron chi connectivity index (χ0n) is 13.9. The van der Waals surface area contributed by atoms with E-state index >= 15 is 0 Å². The van der Waals surface area contributed by atoms with E-state index in [0.29, 0.717) is 26.4 Å². The van der Waals surface area contributed by atoms with E-state index in [1.54, 1.807) is 36.4 Å². The first-order valence-electron chi connectivity index (χ1n) is 7.80. The molecule has 7 nitrogen and oxygen atoms in total. The van der Waals surface area contributed by atoms with Gasteiger partial charge in [-0.25, -0.2) is 9.78 Å². The van der Waals surface area contributed by atoms with Crippen LogP contribution in [0.1, 0.15) is 16.2 Å². The monoisotopic (exact) mass is 403 g/mol. The fraction of sp³-hybridized carbons (Fsp3) is 0.111. The maximum absolute atomic E-state index is 12.4. The highest BCUT2D eigenvalue weighted by Crippen LogP contribution is 2.23. The first kappa shape index (κ1) is 18.9. The SMILES string of the molecule is NC(=O)CSc1ccccc1C(=O)OCc1nc2ccc(Cl)cc2c(=O)[nH]1. The van der Waals surface area contributed by atoms with Crippen molar-refractivity contribution in [2.75, 3.05) is 5.75 Å². The summed E-state index contributed by atoms with van der Waals surface area (Å²) in [7, 11) is 0. The molecule has 0 radical (unpaired) electrons. The molecule has 0 spiro atoms. The summed E-state index contributed by atoms with van der Waals surface area (Å²) < 4.78 is 5.26. The molecule has 0 bridgehead atoms. The van der Waals surface area contributed by atoms with E-state index in [1.165, 1.54) is 6.07 Å². The number of carbonyl (C=O) groups excluding carboxylic acids is 2. The number of amides is 1. The number of aromatic nitrogens is 2. The number of hydrogen-bond acceptors (Lipinski definition) is 6. The van der Waals surface area contributed by atoms with E-state index in [2.05, 4.69) is 9.97 Å². The second-order valence-electron chi connectivity index (χ2n) is 5.50. The standard InChI is InChI=1S/C18H14ClN3O4S/c19-10-5-6-13-12(7-10)17(24)22-16(21-13)8-26-18(25)11-3-1-2-4-14(11)27-9-15(20)23/h1-7H,8-9H2,(H2,20,23)(H,21,22,24). The van der Waals surface area contributed by atoms with Crippen molar-refractivity contribution in [2.24, 2.45) is 5.73 Å². The van der Waals surface area contributed by atoms with Crippen molar-refractivity contribution >= 4 is 46.1 Å². The summed E-state index contributed by atoms with van der Waals surface area (Å²) in [6, 6.07) is 11.5. The largest absolute Gasteiger partial charge is 0.454 e. The Morgan fingerprint density at radius 3 is 2.78 bits per heavy atom. The molecule has 1 heterocycles. The van der Waals surface area contributed by atoms with Crippen molar-refractivity contribution in [1.82, 2.24) is 9.97 Å². The number of benzene rings is 2. The fourth-order valence-electron chi connectivity index (χ4n) is 2.35. The molecule has 0 saturated carbocycles. The number of nitrogens with two attached hydrogens (primary N) is 1. The predicted molar refractivity (Wildman–Crippen MR) is 103 cm³/mol. The Morgan fingerprint density at radius 2 is 2.00 bits per heavy atom. The van der Waals surface area contributed by atoms with E-state index in [1.807, 2.05) is 0 Å². The van der Waals surface area contributed by atoms with E-state index in [4.69, 9.17) is 22.1 Å². The average molecular weight is 404 g/mol. The van der Waals surface area contributed by atoms with Crippen LogP contribution < -0.4 is 11.3 Å². The van der Waals surface area contributed by atoms with E-state index in [-0.39, 0.29) is 23.7 Å². The number of H-pyrrole nitrogens is 1. The fourth-order valence-corrected chi connectivity index (χ4v) is 3.30. The molecule has 0 unspecified atom stereocenters. The Labute approximate surface area is 162 Å². The van der Waals surface area contributed by atoms with Crippen LogP contribution in [0.4, 0.5) is 0 Å². The normalized spacial score (nSPS) is 10.7. The maximum Gasteiger partial charge on any atom is 0.339 e. The van der Waals surface area contributed by atoms with Crippen LogP contribution in [-0.2, 0) is 16.1 Å². The molecular formula is C18H14ClN3O4S. The third-order valence-electron chi connectivity index (χ3n) is 3.53. The molecule has 2 aromatic carbocycles. The minimum atomic E-state index is -0.596. The molecule has 138 valence electrons. The molecule has 3 aromatic rings. The lowest BCUT2D eigenvalue weighted by Crippen LogP contribution is -2.15. The number of nitrogens with one attached hydrogen (secondary N) is 1. The number of nitrogens with zero attached hydrogens (tertiary/aromatic N) is 1. The van der Waals surface area contributed by atoms with E-state index < -0.39 is 11.9 Å². The number of aromatic amines is 1. The molecule has 27 heavy (non-hydrogen) atoms. The highest BCUT2D eigenvalue weighted by molar-refractivity contribution is 8.00. The molecule has 3 N–H and O–H groups in total. The number of ether oxygens (including phenoxy) is 1. The number of primary amides is 1. The van der Waals surface area contributed by atoms with Crippen molar-refractivity contribution in [3.05, 3.63) is 69.2 Å². The van der Waals surface area contributed by atoms with E-state index in [0.717, 1.165) is 11.8 Å². The van der Waals surface area contributed by atoms with Gasteiger partial charge >= 0.3 is 5.97 Å². The number of halogens is 1. The van der Waals surface area contributed by atoms with Crippen LogP contribution in [-0.4, -0.2) is 27.6 Å². The quantitative estimate of drug-likeness (QED) is 0.482. The first-order valence-corrected chi connectivity index (χ1v) is 9.16. The van der Waals surface area contributed by atoms with Gasteiger partial charge < -0.3 is 15.5 Å². The zero-order valence-corrected chi connectivity index (χ0v) is 15.5. The molecular weight excluding hydrogens is 390 g/mol. The Balaban J connectivity index is 1.76. The number of thioether (sulfide) groups is 1. The molecule has 3 rings (SSSR count). The molecule has 0 fully saturated rings. The van der Waals surface area contributed by atoms with Gasteiger partial charge in [-0.3, -0.25) is 9.59 Å². The Hall–Kier alpha value is -2.84. The lowest BCUT2D eigenvalue weighted by Gasteiger charge is -2.09. The van der Waals surface area contributed by atoms with Gasteiger partial charge in [-0.2, -0.15) is 0 Å². The van der Waals surface area contributed by atoms with Gasteiger partial charge in [0.05, 0.1) is 22.2 Å². The van der Waals surface area contributed by atoms with Crippen molar-refractivity contribution in [3.8, 4) is 0 Å². The van der Waals surface area contributed by atoms with Crippen LogP contribution in [0.15, 0.2) is 52.2 Å². The first-order chi connectivity index (χ1) is 12.9. The summed E-state index contributed by atoms with van der Waals surface area (Å²) in [6.45, 7) is -0.207. The predicted octanol–water partition coefficient (Wildman–Crippen LogP) is 2.51. The smallest absolute Gasteiger partial charge is 0.339 e. The van der Waals surface area contributed by atoms with Gasteiger partial charge in [0.1, 0.15) is 12.4 Å². The summed E-state index contributed by atoms with van der Waals surface area (Å²) >= 11 is 7.03. The molecule has 0 atom stereocenters. The Morgan fingerprint density at radius 1 is 1.22 bits per heavy atom. The minimum Gasteiger partial charge on any atom is -0.454 e. The van der Waals surface area contributed by atoms with Gasteiger partial charge in [-0.1, -0.05) is 23.7 Å². The number of hydrogen-bond donors (Lipinski definition) is 2. The highest BCUT2D eigenvalue weighted by Gasteiger charge is 2.14. The van der Waals surface area contributed by atoms with Gasteiger partial charge in [0, 0.05) is 9.92 Å². The summed E-state index contributed by atoms with van der Waals surface area (Å²) in [4.78, 5) is 42.9. The Kier molecular flexibility index (Phi) is 5.78. The van der Waals surface area contributed by atoms with Gasteiger partial charge in [0.15, 0.2) is 0 Å². The van der Waals surface area contributed by atoms with Crippen LogP contribution in [0.5, 0.6) is 0 Å². The van der Waals surface area contributed by atoms with E-state index in [9.17, 15) is 14.4 Å². The van der Waals surface area contributed by atoms with Gasteiger partial charge in [-0.15, -0.1) is 11.8 Å². The number of fused-ring (bicyclic) bond motifs is 1. The molecule has 0 aliphatic heterocycles. The van der Waals surface area contributed by atoms with Gasteiger partial charge in [0.2, 0.25) is 5.91 Å². The molecule has 1 amide bonds. The van der Waals surface area contributed by atoms with Crippen molar-refractivity contribution < 1.29 is 14.3 Å². The Bertz CT molecular complexity index is 1080. The van der Waals surface area contributed by atoms with Crippen LogP contribution in [0.3, 0.4) is 0 Å². The molecule has 1 aromatic heterocycles. The molecule has 0 aliphatic rings. The lowest BCUT2D eigenvalue weighted by atomic mass is 10.2. The van der Waals surface area contributed by atoms with Crippen LogP contribution in [0.25, 0.3) is 10.9 Å². The second kappa shape index (κ2) is 8.24. The summed E-state index contributed by atoms with van der Waals surface area (Å²) in [5, 5.41) is 0.782. The highest BCUT2D eigenvalue weighted by atomic mass is 35.5. The molecule has 0 saturated heterocycles. The van der Waals surface area contributed by atoms with Crippen molar-refractivity contribution in [1.29, 1.82) is 0 Å². The van der Waals surface area contributed by atoms with Gasteiger partial charge in [0.25, 0.3) is 5.56 Å². The average Bonchev–Trinajstić information content (AvgIpc) is 2.65. The van der Waals surface area contributed by atoms with Crippen LogP contribution in [0.2, 0.25) is 5.02 Å². The number of carbonyl (C=O) groups is 2. The summed E-state index contributed by atoms with van der Waals surface area (Å²) in [6.07, 6.45) is 0. The third-order valence-corrected chi connectivity index (χ3v) is 4.86. The van der Waals surface area contributed by atoms with Crippen molar-refractivity contribution in [2.45, 2.75) is 11.5 Å². The van der Waals surface area contributed by atoms with Gasteiger partial charge in [-0.05, 0) is 30.3 Å². The van der Waals surface area contributed by atoms with Crippen LogP contribution in [0, 0.1) is 0 Å². The lowest BCUT2D eigenvalue weighted by molar-refractivity contribution is -0.115. The maximum atomic E-state index is 12.4. The van der Waals surface area contributed by atoms with Crippen LogP contribution >= 0.6 is 23.4 Å². The topological polar surface area (TPSA) is 115 Å². The molecule has 0 aliphatic carbocycles. The second-order valence-corrected chi connectivity index (χ2v) is 6.95.